The largest absolute Gasteiger partial charge is 0.466 e. The highest BCUT2D eigenvalue weighted by Crippen LogP contribution is 2.23. The van der Waals surface area contributed by atoms with Crippen LogP contribution in [-0.4, -0.2) is 22.7 Å². The molecule has 0 saturated carbocycles. The van der Waals surface area contributed by atoms with Gasteiger partial charge in [0.2, 0.25) is 0 Å². The summed E-state index contributed by atoms with van der Waals surface area (Å²) in [6.07, 6.45) is 3.69. The van der Waals surface area contributed by atoms with E-state index < -0.39 is 6.10 Å². The van der Waals surface area contributed by atoms with Gasteiger partial charge in [0.25, 0.3) is 0 Å². The first-order chi connectivity index (χ1) is 8.67. The van der Waals surface area contributed by atoms with E-state index in [1.54, 1.807) is 6.92 Å². The van der Waals surface area contributed by atoms with E-state index in [4.69, 9.17) is 4.74 Å². The highest BCUT2D eigenvalue weighted by molar-refractivity contribution is 7.09. The second-order valence-corrected chi connectivity index (χ2v) is 5.06. The fourth-order valence-electron chi connectivity index (χ4n) is 1.63. The minimum atomic E-state index is -0.502. The molecule has 0 spiro atoms. The van der Waals surface area contributed by atoms with Gasteiger partial charge in [-0.15, -0.1) is 11.3 Å². The lowest BCUT2D eigenvalue weighted by Crippen LogP contribution is -2.08. The summed E-state index contributed by atoms with van der Waals surface area (Å²) in [7, 11) is 0. The first-order valence-electron chi connectivity index (χ1n) is 6.45. The van der Waals surface area contributed by atoms with Gasteiger partial charge in [-0.05, 0) is 13.3 Å². The molecule has 1 atom stereocenters. The minimum absolute atomic E-state index is 0.187. The average molecular weight is 271 g/mol. The Hall–Kier alpha value is -0.940. The number of nitrogens with zero attached hydrogens (tertiary/aromatic N) is 1. The van der Waals surface area contributed by atoms with Gasteiger partial charge in [0, 0.05) is 5.38 Å². The van der Waals surface area contributed by atoms with Crippen LogP contribution in [0.4, 0.5) is 0 Å². The normalized spacial score (nSPS) is 12.4. The third kappa shape index (κ3) is 5.14. The lowest BCUT2D eigenvalue weighted by atomic mass is 10.1. The van der Waals surface area contributed by atoms with Crippen molar-refractivity contribution in [3.05, 3.63) is 16.1 Å². The van der Waals surface area contributed by atoms with Crippen LogP contribution in [0.15, 0.2) is 5.38 Å². The second kappa shape index (κ2) is 8.21. The van der Waals surface area contributed by atoms with E-state index in [1.165, 1.54) is 11.3 Å². The lowest BCUT2D eigenvalue weighted by molar-refractivity contribution is -0.142. The average Bonchev–Trinajstić information content (AvgIpc) is 2.78. The molecule has 0 aromatic carbocycles. The number of hydrogen-bond donors (Lipinski definition) is 1. The third-order valence-electron chi connectivity index (χ3n) is 2.57. The van der Waals surface area contributed by atoms with Gasteiger partial charge in [-0.3, -0.25) is 4.79 Å². The van der Waals surface area contributed by atoms with Crippen molar-refractivity contribution in [3.63, 3.8) is 0 Å². The standard InChI is InChI=1S/C13H21NO3S/c1-3-5-6-7-11(15)13-14-10(9-18-13)8-12(16)17-4-2/h9,11,15H,3-8H2,1-2H3. The SMILES string of the molecule is CCCCCC(O)c1nc(CC(=O)OCC)cs1. The van der Waals surface area contributed by atoms with Gasteiger partial charge < -0.3 is 9.84 Å². The van der Waals surface area contributed by atoms with E-state index in [2.05, 4.69) is 11.9 Å². The van der Waals surface area contributed by atoms with Crippen molar-refractivity contribution in [3.8, 4) is 0 Å². The molecule has 0 radical (unpaired) electrons. The first-order valence-corrected chi connectivity index (χ1v) is 7.33. The Morgan fingerprint density at radius 1 is 1.50 bits per heavy atom. The molecule has 0 amide bonds. The van der Waals surface area contributed by atoms with Crippen molar-refractivity contribution in [1.29, 1.82) is 0 Å². The molecule has 1 aromatic heterocycles. The number of rotatable bonds is 8. The van der Waals surface area contributed by atoms with E-state index in [0.717, 1.165) is 25.7 Å². The molecule has 1 heterocycles. The zero-order valence-corrected chi connectivity index (χ0v) is 11.8. The topological polar surface area (TPSA) is 59.4 Å². The molecule has 0 saturated heterocycles. The van der Waals surface area contributed by atoms with Crippen LogP contribution in [0.1, 0.15) is 56.3 Å². The molecule has 5 heteroatoms. The Balaban J connectivity index is 2.44. The van der Waals surface area contributed by atoms with Gasteiger partial charge in [0.1, 0.15) is 11.1 Å². The molecule has 1 N–H and O–H groups in total. The monoisotopic (exact) mass is 271 g/mol. The number of aliphatic hydroxyl groups excluding tert-OH is 1. The number of aromatic nitrogens is 1. The molecular weight excluding hydrogens is 250 g/mol. The Bertz CT molecular complexity index is 365. The van der Waals surface area contributed by atoms with Crippen LogP contribution in [0.5, 0.6) is 0 Å². The van der Waals surface area contributed by atoms with Crippen molar-refractivity contribution in [2.45, 2.75) is 52.1 Å². The number of carbonyl (C=O) groups is 1. The third-order valence-corrected chi connectivity index (χ3v) is 3.56. The zero-order chi connectivity index (χ0) is 13.4. The molecular formula is C13H21NO3S. The van der Waals surface area contributed by atoms with E-state index in [9.17, 15) is 9.90 Å². The highest BCUT2D eigenvalue weighted by atomic mass is 32.1. The summed E-state index contributed by atoms with van der Waals surface area (Å²) < 4.78 is 4.86. The van der Waals surface area contributed by atoms with Crippen LogP contribution in [0, 0.1) is 0 Å². The number of unbranched alkanes of at least 4 members (excludes halogenated alkanes) is 2. The molecule has 0 aliphatic carbocycles. The fourth-order valence-corrected chi connectivity index (χ4v) is 2.47. The van der Waals surface area contributed by atoms with Crippen LogP contribution in [-0.2, 0) is 16.0 Å². The van der Waals surface area contributed by atoms with E-state index >= 15 is 0 Å². The zero-order valence-electron chi connectivity index (χ0n) is 11.0. The minimum Gasteiger partial charge on any atom is -0.466 e. The van der Waals surface area contributed by atoms with Gasteiger partial charge in [-0.2, -0.15) is 0 Å². The van der Waals surface area contributed by atoms with Crippen molar-refractivity contribution in [1.82, 2.24) is 4.98 Å². The van der Waals surface area contributed by atoms with E-state index in [1.807, 2.05) is 5.38 Å². The molecule has 0 bridgehead atoms. The van der Waals surface area contributed by atoms with Gasteiger partial charge >= 0.3 is 5.97 Å². The van der Waals surface area contributed by atoms with Gasteiger partial charge in [-0.25, -0.2) is 4.98 Å². The van der Waals surface area contributed by atoms with Crippen molar-refractivity contribution >= 4 is 17.3 Å². The first kappa shape index (κ1) is 15.1. The molecule has 102 valence electrons. The lowest BCUT2D eigenvalue weighted by Gasteiger charge is -2.06. The van der Waals surface area contributed by atoms with Gasteiger partial charge in [-0.1, -0.05) is 26.2 Å². The summed E-state index contributed by atoms with van der Waals surface area (Å²) in [5.74, 6) is -0.269. The fraction of sp³-hybridized carbons (Fsp3) is 0.692. The Morgan fingerprint density at radius 3 is 2.94 bits per heavy atom. The molecule has 0 aliphatic rings. The summed E-state index contributed by atoms with van der Waals surface area (Å²) in [5, 5.41) is 12.4. The number of hydrogen-bond acceptors (Lipinski definition) is 5. The molecule has 0 aliphatic heterocycles. The van der Waals surface area contributed by atoms with Crippen molar-refractivity contribution < 1.29 is 14.6 Å². The smallest absolute Gasteiger partial charge is 0.311 e. The predicted octanol–water partition coefficient (Wildman–Crippen LogP) is 2.86. The van der Waals surface area contributed by atoms with Crippen molar-refractivity contribution in [2.75, 3.05) is 6.61 Å². The predicted molar refractivity (Wildman–Crippen MR) is 71.6 cm³/mol. The van der Waals surface area contributed by atoms with Crippen molar-refractivity contribution in [2.24, 2.45) is 0 Å². The Morgan fingerprint density at radius 2 is 2.28 bits per heavy atom. The highest BCUT2D eigenvalue weighted by Gasteiger charge is 2.14. The Labute approximate surface area is 112 Å². The van der Waals surface area contributed by atoms with Crippen LogP contribution >= 0.6 is 11.3 Å². The van der Waals surface area contributed by atoms with E-state index in [-0.39, 0.29) is 12.4 Å². The van der Waals surface area contributed by atoms with E-state index in [0.29, 0.717) is 17.3 Å². The number of ether oxygens (including phenoxy) is 1. The number of thiazole rings is 1. The molecule has 4 nitrogen and oxygen atoms in total. The van der Waals surface area contributed by atoms with Crippen LogP contribution in [0.2, 0.25) is 0 Å². The Kier molecular flexibility index (Phi) is 6.90. The van der Waals surface area contributed by atoms with Crippen LogP contribution in [0.3, 0.4) is 0 Å². The summed E-state index contributed by atoms with van der Waals surface area (Å²) in [4.78, 5) is 15.6. The van der Waals surface area contributed by atoms with Gasteiger partial charge in [0.15, 0.2) is 0 Å². The number of esters is 1. The number of carbonyl (C=O) groups excluding carboxylic acids is 1. The molecule has 18 heavy (non-hydrogen) atoms. The quantitative estimate of drug-likeness (QED) is 0.583. The summed E-state index contributed by atoms with van der Waals surface area (Å²) in [6, 6.07) is 0. The summed E-state index contributed by atoms with van der Waals surface area (Å²) in [6.45, 7) is 4.30. The molecule has 0 fully saturated rings. The molecule has 1 unspecified atom stereocenters. The maximum Gasteiger partial charge on any atom is 0.311 e. The summed E-state index contributed by atoms with van der Waals surface area (Å²) in [5.41, 5.74) is 0.683. The van der Waals surface area contributed by atoms with Crippen LogP contribution < -0.4 is 0 Å². The summed E-state index contributed by atoms with van der Waals surface area (Å²) >= 11 is 1.41. The molecule has 1 aromatic rings. The van der Waals surface area contributed by atoms with Gasteiger partial charge in [0.05, 0.1) is 18.7 Å². The maximum absolute atomic E-state index is 11.3. The maximum atomic E-state index is 11.3. The second-order valence-electron chi connectivity index (χ2n) is 4.17. The number of aliphatic hydroxyl groups is 1. The van der Waals surface area contributed by atoms with Crippen LogP contribution in [0.25, 0.3) is 0 Å². The molecule has 1 rings (SSSR count).